The Bertz CT molecular complexity index is 514. The second kappa shape index (κ2) is 4.34. The maximum absolute atomic E-state index is 5.54. The molecule has 1 N–H and O–H groups in total. The lowest BCUT2D eigenvalue weighted by molar-refractivity contribution is 0.318. The van der Waals surface area contributed by atoms with Crippen molar-refractivity contribution < 1.29 is 4.42 Å². The molecular weight excluding hydrogens is 212 g/mol. The van der Waals surface area contributed by atoms with Crippen molar-refractivity contribution >= 4 is 0 Å². The molecule has 0 spiro atoms. The van der Waals surface area contributed by atoms with Gasteiger partial charge in [-0.25, -0.2) is 4.98 Å². The van der Waals surface area contributed by atoms with E-state index in [1.165, 1.54) is 5.56 Å². The van der Waals surface area contributed by atoms with Crippen LogP contribution in [0.15, 0.2) is 34.9 Å². The van der Waals surface area contributed by atoms with E-state index in [0.717, 1.165) is 36.7 Å². The van der Waals surface area contributed by atoms with Crippen molar-refractivity contribution in [3.05, 3.63) is 42.0 Å². The first-order valence-electron chi connectivity index (χ1n) is 6.04. The Morgan fingerprint density at radius 2 is 2.18 bits per heavy atom. The van der Waals surface area contributed by atoms with Crippen LogP contribution in [0, 0.1) is 12.8 Å². The molecule has 1 aromatic carbocycles. The lowest BCUT2D eigenvalue weighted by atomic mass is 10.00. The Morgan fingerprint density at radius 1 is 1.35 bits per heavy atom. The molecule has 3 nitrogen and oxygen atoms in total. The molecule has 0 radical (unpaired) electrons. The van der Waals surface area contributed by atoms with Gasteiger partial charge >= 0.3 is 0 Å². The van der Waals surface area contributed by atoms with Crippen LogP contribution in [0.1, 0.15) is 11.5 Å². The number of hydrogen-bond donors (Lipinski definition) is 1. The lowest BCUT2D eigenvalue weighted by Gasteiger charge is -2.25. The van der Waals surface area contributed by atoms with Crippen LogP contribution in [-0.2, 0) is 6.42 Å². The standard InChI is InChI=1S/C14H16N2O/c1-10-4-2-3-5-12(10)13-9-17-14(16-13)6-11-7-15-8-11/h2-5,9,11,15H,6-8H2,1H3. The van der Waals surface area contributed by atoms with Crippen molar-refractivity contribution in [2.75, 3.05) is 13.1 Å². The summed E-state index contributed by atoms with van der Waals surface area (Å²) in [6.07, 6.45) is 2.71. The molecule has 3 rings (SSSR count). The maximum Gasteiger partial charge on any atom is 0.194 e. The normalized spacial score (nSPS) is 15.8. The summed E-state index contributed by atoms with van der Waals surface area (Å²) in [5, 5.41) is 3.26. The van der Waals surface area contributed by atoms with Gasteiger partial charge in [0.05, 0.1) is 0 Å². The predicted octanol–water partition coefficient (Wildman–Crippen LogP) is 2.41. The van der Waals surface area contributed by atoms with Crippen LogP contribution in [0.4, 0.5) is 0 Å². The van der Waals surface area contributed by atoms with Crippen LogP contribution in [0.25, 0.3) is 11.3 Å². The minimum absolute atomic E-state index is 0.693. The van der Waals surface area contributed by atoms with Crippen LogP contribution < -0.4 is 5.32 Å². The van der Waals surface area contributed by atoms with Gasteiger partial charge in [0.25, 0.3) is 0 Å². The molecule has 1 saturated heterocycles. The Labute approximate surface area is 101 Å². The van der Waals surface area contributed by atoms with E-state index < -0.39 is 0 Å². The molecular formula is C14H16N2O. The third kappa shape index (κ3) is 2.11. The largest absolute Gasteiger partial charge is 0.448 e. The average Bonchev–Trinajstić information content (AvgIpc) is 2.73. The monoisotopic (exact) mass is 228 g/mol. The van der Waals surface area contributed by atoms with Gasteiger partial charge in [-0.3, -0.25) is 0 Å². The molecule has 0 saturated carbocycles. The number of hydrogen-bond acceptors (Lipinski definition) is 3. The van der Waals surface area contributed by atoms with Gasteiger partial charge < -0.3 is 9.73 Å². The van der Waals surface area contributed by atoms with Gasteiger partial charge in [0.15, 0.2) is 5.89 Å². The molecule has 3 heteroatoms. The molecule has 1 aliphatic heterocycles. The first-order valence-corrected chi connectivity index (χ1v) is 6.04. The van der Waals surface area contributed by atoms with Crippen molar-refractivity contribution in [3.8, 4) is 11.3 Å². The Hall–Kier alpha value is -1.61. The van der Waals surface area contributed by atoms with E-state index in [-0.39, 0.29) is 0 Å². The SMILES string of the molecule is Cc1ccccc1-c1coc(CC2CNC2)n1. The highest BCUT2D eigenvalue weighted by atomic mass is 16.3. The Kier molecular flexibility index (Phi) is 2.69. The van der Waals surface area contributed by atoms with E-state index in [9.17, 15) is 0 Å². The van der Waals surface area contributed by atoms with Gasteiger partial charge in [-0.05, 0) is 31.5 Å². The summed E-state index contributed by atoms with van der Waals surface area (Å²) in [4.78, 5) is 4.57. The summed E-state index contributed by atoms with van der Waals surface area (Å²) in [5.74, 6) is 1.55. The molecule has 17 heavy (non-hydrogen) atoms. The van der Waals surface area contributed by atoms with Crippen molar-refractivity contribution in [1.29, 1.82) is 0 Å². The zero-order valence-electron chi connectivity index (χ0n) is 9.94. The van der Waals surface area contributed by atoms with Crippen LogP contribution >= 0.6 is 0 Å². The number of aryl methyl sites for hydroxylation is 1. The second-order valence-electron chi connectivity index (χ2n) is 4.67. The van der Waals surface area contributed by atoms with Crippen molar-refractivity contribution in [1.82, 2.24) is 10.3 Å². The number of rotatable bonds is 3. The average molecular weight is 228 g/mol. The summed E-state index contributed by atoms with van der Waals surface area (Å²) < 4.78 is 5.54. The van der Waals surface area contributed by atoms with Gasteiger partial charge in [-0.15, -0.1) is 0 Å². The lowest BCUT2D eigenvalue weighted by Crippen LogP contribution is -2.43. The van der Waals surface area contributed by atoms with E-state index >= 15 is 0 Å². The molecule has 1 aromatic heterocycles. The number of nitrogens with one attached hydrogen (secondary N) is 1. The fraction of sp³-hybridized carbons (Fsp3) is 0.357. The predicted molar refractivity (Wildman–Crippen MR) is 66.7 cm³/mol. The summed E-state index contributed by atoms with van der Waals surface area (Å²) in [5.41, 5.74) is 3.34. The number of aromatic nitrogens is 1. The van der Waals surface area contributed by atoms with Crippen molar-refractivity contribution in [3.63, 3.8) is 0 Å². The van der Waals surface area contributed by atoms with Gasteiger partial charge in [-0.1, -0.05) is 24.3 Å². The molecule has 0 amide bonds. The van der Waals surface area contributed by atoms with Crippen LogP contribution in [0.2, 0.25) is 0 Å². The highest BCUT2D eigenvalue weighted by Crippen LogP contribution is 2.23. The van der Waals surface area contributed by atoms with E-state index in [2.05, 4.69) is 29.4 Å². The van der Waals surface area contributed by atoms with Gasteiger partial charge in [0.2, 0.25) is 0 Å². The maximum atomic E-state index is 5.54. The van der Waals surface area contributed by atoms with Gasteiger partial charge in [-0.2, -0.15) is 0 Å². The highest BCUT2D eigenvalue weighted by molar-refractivity contribution is 5.62. The van der Waals surface area contributed by atoms with Crippen LogP contribution in [0.5, 0.6) is 0 Å². The molecule has 0 bridgehead atoms. The fourth-order valence-electron chi connectivity index (χ4n) is 2.13. The van der Waals surface area contributed by atoms with Crippen molar-refractivity contribution in [2.24, 2.45) is 5.92 Å². The van der Waals surface area contributed by atoms with Gasteiger partial charge in [0.1, 0.15) is 12.0 Å². The third-order valence-electron chi connectivity index (χ3n) is 3.30. The number of nitrogens with zero attached hydrogens (tertiary/aromatic N) is 1. The zero-order valence-corrected chi connectivity index (χ0v) is 9.94. The molecule has 1 aliphatic rings. The number of benzene rings is 1. The van der Waals surface area contributed by atoms with Crippen LogP contribution in [0.3, 0.4) is 0 Å². The van der Waals surface area contributed by atoms with Gasteiger partial charge in [0, 0.05) is 12.0 Å². The summed E-state index contributed by atoms with van der Waals surface area (Å²) >= 11 is 0. The quantitative estimate of drug-likeness (QED) is 0.876. The topological polar surface area (TPSA) is 38.1 Å². The molecule has 0 atom stereocenters. The number of oxazole rings is 1. The Morgan fingerprint density at radius 3 is 2.88 bits per heavy atom. The summed E-state index contributed by atoms with van der Waals surface area (Å²) in [6, 6.07) is 8.26. The van der Waals surface area contributed by atoms with E-state index in [4.69, 9.17) is 4.42 Å². The molecule has 88 valence electrons. The first kappa shape index (κ1) is 10.5. The summed E-state index contributed by atoms with van der Waals surface area (Å²) in [6.45, 7) is 4.27. The molecule has 0 unspecified atom stereocenters. The molecule has 0 aliphatic carbocycles. The third-order valence-corrected chi connectivity index (χ3v) is 3.30. The molecule has 1 fully saturated rings. The smallest absolute Gasteiger partial charge is 0.194 e. The fourth-order valence-corrected chi connectivity index (χ4v) is 2.13. The molecule has 2 aromatic rings. The zero-order chi connectivity index (χ0) is 11.7. The first-order chi connectivity index (χ1) is 8.33. The van der Waals surface area contributed by atoms with E-state index in [1.54, 1.807) is 6.26 Å². The summed E-state index contributed by atoms with van der Waals surface area (Å²) in [7, 11) is 0. The van der Waals surface area contributed by atoms with Crippen molar-refractivity contribution in [2.45, 2.75) is 13.3 Å². The molecule has 2 heterocycles. The highest BCUT2D eigenvalue weighted by Gasteiger charge is 2.19. The van der Waals surface area contributed by atoms with E-state index in [1.807, 2.05) is 12.1 Å². The van der Waals surface area contributed by atoms with E-state index in [0.29, 0.717) is 5.92 Å². The second-order valence-corrected chi connectivity index (χ2v) is 4.67. The minimum atomic E-state index is 0.693. The van der Waals surface area contributed by atoms with Crippen LogP contribution in [-0.4, -0.2) is 18.1 Å². The minimum Gasteiger partial charge on any atom is -0.448 e. The Balaban J connectivity index is 1.82.